The molecule has 3 nitrogen and oxygen atoms in total. The van der Waals surface area contributed by atoms with Crippen molar-refractivity contribution in [1.29, 1.82) is 0 Å². The SMILES string of the molecule is COc1ccc(N(C)c2ccc(Br)cn2)cc1C(C)C. The van der Waals surface area contributed by atoms with Crippen LogP contribution in [0.2, 0.25) is 0 Å². The second-order valence-corrected chi connectivity index (χ2v) is 5.89. The van der Waals surface area contributed by atoms with Crippen LogP contribution in [0.25, 0.3) is 0 Å². The molecule has 1 aromatic carbocycles. The van der Waals surface area contributed by atoms with E-state index in [9.17, 15) is 0 Å². The number of methoxy groups -OCH3 is 1. The quantitative estimate of drug-likeness (QED) is 0.807. The predicted octanol–water partition coefficient (Wildman–Crippen LogP) is 4.74. The monoisotopic (exact) mass is 334 g/mol. The minimum absolute atomic E-state index is 0.413. The number of ether oxygens (including phenoxy) is 1. The molecule has 0 amide bonds. The van der Waals surface area contributed by atoms with Crippen LogP contribution in [-0.4, -0.2) is 19.1 Å². The Morgan fingerprint density at radius 1 is 1.20 bits per heavy atom. The van der Waals surface area contributed by atoms with Gasteiger partial charge in [-0.3, -0.25) is 0 Å². The van der Waals surface area contributed by atoms with E-state index in [1.807, 2.05) is 25.2 Å². The Bertz CT molecular complexity index is 582. The molecule has 0 unspecified atom stereocenters. The highest BCUT2D eigenvalue weighted by molar-refractivity contribution is 9.10. The highest BCUT2D eigenvalue weighted by Crippen LogP contribution is 2.32. The Balaban J connectivity index is 2.37. The van der Waals surface area contributed by atoms with E-state index in [4.69, 9.17) is 4.74 Å². The van der Waals surface area contributed by atoms with Gasteiger partial charge in [-0.05, 0) is 57.7 Å². The first-order chi connectivity index (χ1) is 9.52. The van der Waals surface area contributed by atoms with E-state index < -0.39 is 0 Å². The number of benzene rings is 1. The molecule has 0 fully saturated rings. The molecule has 0 aliphatic carbocycles. The van der Waals surface area contributed by atoms with Crippen LogP contribution in [0.3, 0.4) is 0 Å². The average molecular weight is 335 g/mol. The van der Waals surface area contributed by atoms with E-state index in [1.54, 1.807) is 13.3 Å². The number of rotatable bonds is 4. The fourth-order valence-electron chi connectivity index (χ4n) is 2.08. The molecule has 2 rings (SSSR count). The summed E-state index contributed by atoms with van der Waals surface area (Å²) in [6.45, 7) is 4.33. The molecule has 0 aliphatic heterocycles. The highest BCUT2D eigenvalue weighted by atomic mass is 79.9. The molecule has 1 aromatic heterocycles. The van der Waals surface area contributed by atoms with Crippen molar-refractivity contribution in [3.63, 3.8) is 0 Å². The maximum Gasteiger partial charge on any atom is 0.132 e. The van der Waals surface area contributed by atoms with Crippen LogP contribution in [0.5, 0.6) is 5.75 Å². The summed E-state index contributed by atoms with van der Waals surface area (Å²) in [4.78, 5) is 6.49. The fraction of sp³-hybridized carbons (Fsp3) is 0.312. The molecule has 0 bridgehead atoms. The number of hydrogen-bond acceptors (Lipinski definition) is 3. The highest BCUT2D eigenvalue weighted by Gasteiger charge is 2.11. The average Bonchev–Trinajstić information content (AvgIpc) is 2.46. The van der Waals surface area contributed by atoms with Crippen LogP contribution in [0, 0.1) is 0 Å². The zero-order valence-corrected chi connectivity index (χ0v) is 13.8. The molecular formula is C16H19BrN2O. The van der Waals surface area contributed by atoms with Gasteiger partial charge in [0.15, 0.2) is 0 Å². The van der Waals surface area contributed by atoms with Crippen molar-refractivity contribution in [1.82, 2.24) is 4.98 Å². The van der Waals surface area contributed by atoms with Crippen molar-refractivity contribution in [3.8, 4) is 5.75 Å². The van der Waals surface area contributed by atoms with Crippen LogP contribution in [-0.2, 0) is 0 Å². The predicted molar refractivity (Wildman–Crippen MR) is 87.1 cm³/mol. The zero-order chi connectivity index (χ0) is 14.7. The minimum atomic E-state index is 0.413. The van der Waals surface area contributed by atoms with Crippen LogP contribution in [0.15, 0.2) is 41.0 Å². The largest absolute Gasteiger partial charge is 0.496 e. The smallest absolute Gasteiger partial charge is 0.132 e. The van der Waals surface area contributed by atoms with Gasteiger partial charge in [0.25, 0.3) is 0 Å². The summed E-state index contributed by atoms with van der Waals surface area (Å²) in [6, 6.07) is 10.2. The van der Waals surface area contributed by atoms with E-state index in [0.29, 0.717) is 5.92 Å². The van der Waals surface area contributed by atoms with Gasteiger partial charge < -0.3 is 9.64 Å². The van der Waals surface area contributed by atoms with Crippen LogP contribution >= 0.6 is 15.9 Å². The Labute approximate surface area is 128 Å². The van der Waals surface area contributed by atoms with Crippen molar-refractivity contribution in [2.24, 2.45) is 0 Å². The van der Waals surface area contributed by atoms with Gasteiger partial charge in [0.05, 0.1) is 7.11 Å². The normalized spacial score (nSPS) is 10.7. The van der Waals surface area contributed by atoms with Gasteiger partial charge in [0, 0.05) is 23.4 Å². The number of anilines is 2. The molecule has 106 valence electrons. The minimum Gasteiger partial charge on any atom is -0.496 e. The van der Waals surface area contributed by atoms with Crippen molar-refractivity contribution < 1.29 is 4.74 Å². The molecule has 0 spiro atoms. The molecular weight excluding hydrogens is 316 g/mol. The van der Waals surface area contributed by atoms with Crippen molar-refractivity contribution in [3.05, 3.63) is 46.6 Å². The summed E-state index contributed by atoms with van der Waals surface area (Å²) in [6.07, 6.45) is 1.80. The standard InChI is InChI=1S/C16H19BrN2O/c1-11(2)14-9-13(6-7-15(14)20-4)19(3)16-8-5-12(17)10-18-16/h5-11H,1-4H3. The van der Waals surface area contributed by atoms with Crippen molar-refractivity contribution in [2.45, 2.75) is 19.8 Å². The maximum absolute atomic E-state index is 5.42. The summed E-state index contributed by atoms with van der Waals surface area (Å²) in [5, 5.41) is 0. The molecule has 0 radical (unpaired) electrons. The summed E-state index contributed by atoms with van der Waals surface area (Å²) in [5.41, 5.74) is 2.30. The van der Waals surface area contributed by atoms with Gasteiger partial charge in [-0.2, -0.15) is 0 Å². The third kappa shape index (κ3) is 3.12. The number of aromatic nitrogens is 1. The van der Waals surface area contributed by atoms with Crippen LogP contribution < -0.4 is 9.64 Å². The van der Waals surface area contributed by atoms with Gasteiger partial charge >= 0.3 is 0 Å². The van der Waals surface area contributed by atoms with Crippen LogP contribution in [0.1, 0.15) is 25.3 Å². The second kappa shape index (κ2) is 6.27. The van der Waals surface area contributed by atoms with Gasteiger partial charge in [-0.25, -0.2) is 4.98 Å². The lowest BCUT2D eigenvalue weighted by Crippen LogP contribution is -2.11. The Morgan fingerprint density at radius 3 is 2.50 bits per heavy atom. The first-order valence-electron chi connectivity index (χ1n) is 6.56. The number of pyridine rings is 1. The molecule has 2 aromatic rings. The van der Waals surface area contributed by atoms with Crippen molar-refractivity contribution >= 4 is 27.4 Å². The maximum atomic E-state index is 5.42. The lowest BCUT2D eigenvalue weighted by Gasteiger charge is -2.21. The molecule has 0 saturated heterocycles. The van der Waals surface area contributed by atoms with Gasteiger partial charge in [-0.1, -0.05) is 13.8 Å². The summed E-state index contributed by atoms with van der Waals surface area (Å²) < 4.78 is 6.40. The summed E-state index contributed by atoms with van der Waals surface area (Å²) in [5.74, 6) is 2.25. The molecule has 0 saturated carbocycles. The molecule has 20 heavy (non-hydrogen) atoms. The Morgan fingerprint density at radius 2 is 1.95 bits per heavy atom. The fourth-order valence-corrected chi connectivity index (χ4v) is 2.31. The first kappa shape index (κ1) is 14.9. The van der Waals surface area contributed by atoms with E-state index >= 15 is 0 Å². The molecule has 0 aliphatic rings. The zero-order valence-electron chi connectivity index (χ0n) is 12.2. The van der Waals surface area contributed by atoms with E-state index in [-0.39, 0.29) is 0 Å². The van der Waals surface area contributed by atoms with Gasteiger partial charge in [0.1, 0.15) is 11.6 Å². The Hall–Kier alpha value is -1.55. The lowest BCUT2D eigenvalue weighted by molar-refractivity contribution is 0.407. The number of nitrogens with zero attached hydrogens (tertiary/aromatic N) is 2. The molecule has 0 N–H and O–H groups in total. The summed E-state index contributed by atoms with van der Waals surface area (Å²) >= 11 is 3.40. The molecule has 1 heterocycles. The lowest BCUT2D eigenvalue weighted by atomic mass is 10.0. The molecule has 4 heteroatoms. The topological polar surface area (TPSA) is 25.4 Å². The second-order valence-electron chi connectivity index (χ2n) is 4.97. The first-order valence-corrected chi connectivity index (χ1v) is 7.35. The Kier molecular flexibility index (Phi) is 4.65. The summed E-state index contributed by atoms with van der Waals surface area (Å²) in [7, 11) is 3.73. The van der Waals surface area contributed by atoms with Crippen molar-refractivity contribution in [2.75, 3.05) is 19.1 Å². The molecule has 0 atom stereocenters. The van der Waals surface area contributed by atoms with Crippen LogP contribution in [0.4, 0.5) is 11.5 Å². The number of hydrogen-bond donors (Lipinski definition) is 0. The van der Waals surface area contributed by atoms with Gasteiger partial charge in [0.2, 0.25) is 0 Å². The van der Waals surface area contributed by atoms with E-state index in [2.05, 4.69) is 51.8 Å². The number of halogens is 1. The third-order valence-electron chi connectivity index (χ3n) is 3.28. The third-order valence-corrected chi connectivity index (χ3v) is 3.75. The van der Waals surface area contributed by atoms with Gasteiger partial charge in [-0.15, -0.1) is 0 Å². The van der Waals surface area contributed by atoms with E-state index in [0.717, 1.165) is 21.7 Å². The van der Waals surface area contributed by atoms with E-state index in [1.165, 1.54) is 5.56 Å².